The lowest BCUT2D eigenvalue weighted by Gasteiger charge is -2.20. The summed E-state index contributed by atoms with van der Waals surface area (Å²) in [5, 5.41) is 23.1. The molecule has 0 radical (unpaired) electrons. The summed E-state index contributed by atoms with van der Waals surface area (Å²) >= 11 is 0. The zero-order valence-corrected chi connectivity index (χ0v) is 38.2. The molecule has 0 aliphatic heterocycles. The number of aliphatic hydroxyl groups excluding tert-OH is 2. The Balaban J connectivity index is 3.47. The molecule has 2 atom stereocenters. The molecule has 0 aromatic rings. The quantitative estimate of drug-likeness (QED) is 0.0425. The maximum absolute atomic E-state index is 12.4. The van der Waals surface area contributed by atoms with E-state index < -0.39 is 12.1 Å². The van der Waals surface area contributed by atoms with Gasteiger partial charge in [0, 0.05) is 6.42 Å². The molecule has 4 nitrogen and oxygen atoms in total. The summed E-state index contributed by atoms with van der Waals surface area (Å²) in [7, 11) is 0. The van der Waals surface area contributed by atoms with Crippen LogP contribution >= 0.6 is 0 Å². The van der Waals surface area contributed by atoms with E-state index in [4.69, 9.17) is 0 Å². The lowest BCUT2D eigenvalue weighted by Crippen LogP contribution is -2.45. The van der Waals surface area contributed by atoms with E-state index in [1.54, 1.807) is 6.08 Å². The van der Waals surface area contributed by atoms with Crippen LogP contribution in [0.5, 0.6) is 0 Å². The molecule has 1 amide bonds. The third-order valence-electron chi connectivity index (χ3n) is 11.9. The van der Waals surface area contributed by atoms with E-state index in [-0.39, 0.29) is 12.5 Å². The van der Waals surface area contributed by atoms with Crippen molar-refractivity contribution in [2.24, 2.45) is 0 Å². The van der Waals surface area contributed by atoms with Gasteiger partial charge in [0.25, 0.3) is 0 Å². The highest BCUT2D eigenvalue weighted by Gasteiger charge is 2.18. The average molecular weight is 788 g/mol. The van der Waals surface area contributed by atoms with Gasteiger partial charge < -0.3 is 15.5 Å². The van der Waals surface area contributed by atoms with Crippen LogP contribution in [0.1, 0.15) is 284 Å². The molecular weight excluding hydrogens is 687 g/mol. The number of allylic oxidation sites excluding steroid dienone is 3. The molecule has 56 heavy (non-hydrogen) atoms. The van der Waals surface area contributed by atoms with E-state index >= 15 is 0 Å². The van der Waals surface area contributed by atoms with Gasteiger partial charge in [-0.25, -0.2) is 0 Å². The Morgan fingerprint density at radius 3 is 0.982 bits per heavy atom. The minimum atomic E-state index is -0.836. The number of carbonyl (C=O) groups excluding carboxylic acids is 1. The van der Waals surface area contributed by atoms with Crippen molar-refractivity contribution in [3.05, 3.63) is 24.3 Å². The van der Waals surface area contributed by atoms with Crippen LogP contribution in [0, 0.1) is 0 Å². The summed E-state index contributed by atoms with van der Waals surface area (Å²) in [6, 6.07) is -0.619. The van der Waals surface area contributed by atoms with Crippen LogP contribution in [-0.4, -0.2) is 34.9 Å². The van der Waals surface area contributed by atoms with Crippen molar-refractivity contribution < 1.29 is 15.0 Å². The standard InChI is InChI=1S/C52H101NO3/c1-3-5-7-9-11-13-15-17-19-21-22-23-24-25-26-27-28-29-30-32-34-36-38-40-42-44-46-48-52(56)53-50(49-54)51(55)47-45-43-41-39-37-35-33-31-20-18-16-14-12-10-8-6-4-2/h21-22,45,47,50-51,54-55H,3-20,23-44,46,48-49H2,1-2H3,(H,53,56)/b22-21-,47-45+. The van der Waals surface area contributed by atoms with Crippen LogP contribution in [0.2, 0.25) is 0 Å². The molecule has 0 bridgehead atoms. The molecule has 0 aliphatic rings. The predicted molar refractivity (Wildman–Crippen MR) is 249 cm³/mol. The van der Waals surface area contributed by atoms with E-state index in [2.05, 4.69) is 31.3 Å². The van der Waals surface area contributed by atoms with E-state index in [0.29, 0.717) is 6.42 Å². The molecule has 0 saturated carbocycles. The number of aliphatic hydroxyl groups is 2. The Kier molecular flexibility index (Phi) is 47.3. The third-order valence-corrected chi connectivity index (χ3v) is 11.9. The van der Waals surface area contributed by atoms with Crippen LogP contribution in [-0.2, 0) is 4.79 Å². The fraction of sp³-hybridized carbons (Fsp3) is 0.904. The smallest absolute Gasteiger partial charge is 0.220 e. The molecule has 3 N–H and O–H groups in total. The summed E-state index contributed by atoms with van der Waals surface area (Å²) < 4.78 is 0. The highest BCUT2D eigenvalue weighted by molar-refractivity contribution is 5.76. The predicted octanol–water partition coefficient (Wildman–Crippen LogP) is 16.4. The normalized spacial score (nSPS) is 13.0. The molecule has 0 aromatic heterocycles. The van der Waals surface area contributed by atoms with Crippen molar-refractivity contribution in [3.8, 4) is 0 Å². The van der Waals surface area contributed by atoms with Crippen LogP contribution in [0.25, 0.3) is 0 Å². The van der Waals surface area contributed by atoms with Gasteiger partial charge in [-0.1, -0.05) is 256 Å². The number of rotatable bonds is 47. The summed E-state index contributed by atoms with van der Waals surface area (Å²) in [6.07, 6.45) is 63.1. The molecule has 0 aliphatic carbocycles. The monoisotopic (exact) mass is 788 g/mol. The Bertz CT molecular complexity index is 810. The lowest BCUT2D eigenvalue weighted by molar-refractivity contribution is -0.123. The number of carbonyl (C=O) groups is 1. The van der Waals surface area contributed by atoms with Gasteiger partial charge in [-0.3, -0.25) is 4.79 Å². The second-order valence-electron chi connectivity index (χ2n) is 17.6. The van der Waals surface area contributed by atoms with Crippen LogP contribution in [0.15, 0.2) is 24.3 Å². The molecule has 0 spiro atoms. The van der Waals surface area contributed by atoms with Crippen LogP contribution in [0.4, 0.5) is 0 Å². The number of nitrogens with one attached hydrogen (secondary N) is 1. The Morgan fingerprint density at radius 2 is 0.679 bits per heavy atom. The van der Waals surface area contributed by atoms with Crippen molar-refractivity contribution in [2.75, 3.05) is 6.61 Å². The largest absolute Gasteiger partial charge is 0.394 e. The Hall–Kier alpha value is -1.13. The number of hydrogen-bond donors (Lipinski definition) is 3. The van der Waals surface area contributed by atoms with E-state index in [0.717, 1.165) is 25.7 Å². The molecule has 332 valence electrons. The van der Waals surface area contributed by atoms with Crippen molar-refractivity contribution in [1.29, 1.82) is 0 Å². The summed E-state index contributed by atoms with van der Waals surface area (Å²) in [5.74, 6) is -0.0596. The summed E-state index contributed by atoms with van der Waals surface area (Å²) in [5.41, 5.74) is 0. The Morgan fingerprint density at radius 1 is 0.411 bits per heavy atom. The minimum absolute atomic E-state index is 0.0596. The van der Waals surface area contributed by atoms with Crippen molar-refractivity contribution in [3.63, 3.8) is 0 Å². The first-order valence-corrected chi connectivity index (χ1v) is 25.6. The summed E-state index contributed by atoms with van der Waals surface area (Å²) in [4.78, 5) is 12.4. The van der Waals surface area contributed by atoms with Crippen LogP contribution in [0.3, 0.4) is 0 Å². The number of amides is 1. The lowest BCUT2D eigenvalue weighted by atomic mass is 10.0. The van der Waals surface area contributed by atoms with Crippen molar-refractivity contribution >= 4 is 5.91 Å². The van der Waals surface area contributed by atoms with Gasteiger partial charge in [-0.15, -0.1) is 0 Å². The van der Waals surface area contributed by atoms with Gasteiger partial charge in [0.1, 0.15) is 0 Å². The molecule has 0 rings (SSSR count). The molecule has 0 saturated heterocycles. The fourth-order valence-electron chi connectivity index (χ4n) is 8.00. The second kappa shape index (κ2) is 48.2. The first-order chi connectivity index (χ1) is 27.7. The first-order valence-electron chi connectivity index (χ1n) is 25.6. The van der Waals surface area contributed by atoms with E-state index in [1.807, 2.05) is 6.08 Å². The maximum Gasteiger partial charge on any atom is 0.220 e. The van der Waals surface area contributed by atoms with Gasteiger partial charge in [0.15, 0.2) is 0 Å². The average Bonchev–Trinajstić information content (AvgIpc) is 3.20. The second-order valence-corrected chi connectivity index (χ2v) is 17.6. The molecule has 0 fully saturated rings. The maximum atomic E-state index is 12.4. The van der Waals surface area contributed by atoms with E-state index in [1.165, 1.54) is 238 Å². The topological polar surface area (TPSA) is 69.6 Å². The van der Waals surface area contributed by atoms with Gasteiger partial charge in [-0.05, 0) is 44.9 Å². The number of unbranched alkanes of at least 4 members (excludes halogenated alkanes) is 38. The SMILES string of the molecule is CCCCCCCCCC/C=C\CCCCCCCCCCCCCCCCCC(=O)NC(CO)C(O)/C=C/CCCCCCCCCCCCCCCCC. The van der Waals surface area contributed by atoms with Gasteiger partial charge in [0.05, 0.1) is 18.8 Å². The third kappa shape index (κ3) is 44.0. The van der Waals surface area contributed by atoms with Crippen molar-refractivity contribution in [2.45, 2.75) is 296 Å². The highest BCUT2D eigenvalue weighted by atomic mass is 16.3. The number of hydrogen-bond acceptors (Lipinski definition) is 3. The van der Waals surface area contributed by atoms with Crippen LogP contribution < -0.4 is 5.32 Å². The Labute approximate surface area is 351 Å². The highest BCUT2D eigenvalue weighted by Crippen LogP contribution is 2.16. The molecule has 4 heteroatoms. The zero-order chi connectivity index (χ0) is 40.7. The summed E-state index contributed by atoms with van der Waals surface area (Å²) in [6.45, 7) is 4.33. The van der Waals surface area contributed by atoms with Gasteiger partial charge in [-0.2, -0.15) is 0 Å². The molecule has 0 heterocycles. The minimum Gasteiger partial charge on any atom is -0.394 e. The van der Waals surface area contributed by atoms with Crippen molar-refractivity contribution in [1.82, 2.24) is 5.32 Å². The molecular formula is C52H101NO3. The van der Waals surface area contributed by atoms with E-state index in [9.17, 15) is 15.0 Å². The van der Waals surface area contributed by atoms with Gasteiger partial charge >= 0.3 is 0 Å². The van der Waals surface area contributed by atoms with Gasteiger partial charge in [0.2, 0.25) is 5.91 Å². The fourth-order valence-corrected chi connectivity index (χ4v) is 8.00. The molecule has 2 unspecified atom stereocenters. The zero-order valence-electron chi connectivity index (χ0n) is 38.2. The first kappa shape index (κ1) is 54.9. The molecule has 0 aromatic carbocycles.